The van der Waals surface area contributed by atoms with Gasteiger partial charge in [0.15, 0.2) is 0 Å². The summed E-state index contributed by atoms with van der Waals surface area (Å²) >= 11 is 0. The van der Waals surface area contributed by atoms with E-state index in [1.165, 1.54) is 0 Å². The average Bonchev–Trinajstić information content (AvgIpc) is 2.77. The Morgan fingerprint density at radius 3 is 2.83 bits per heavy atom. The van der Waals surface area contributed by atoms with Gasteiger partial charge >= 0.3 is 0 Å². The first-order valence-corrected chi connectivity index (χ1v) is 6.17. The van der Waals surface area contributed by atoms with Gasteiger partial charge in [-0.1, -0.05) is 0 Å². The van der Waals surface area contributed by atoms with Crippen molar-refractivity contribution in [1.82, 2.24) is 14.8 Å². The third-order valence-corrected chi connectivity index (χ3v) is 3.48. The summed E-state index contributed by atoms with van der Waals surface area (Å²) in [4.78, 5) is 20.5. The van der Waals surface area contributed by atoms with Crippen LogP contribution in [-0.2, 0) is 0 Å². The lowest BCUT2D eigenvalue weighted by Crippen LogP contribution is -2.34. The fourth-order valence-corrected chi connectivity index (χ4v) is 2.28. The van der Waals surface area contributed by atoms with E-state index in [2.05, 4.69) is 9.88 Å². The van der Waals surface area contributed by atoms with Gasteiger partial charge in [-0.25, -0.2) is 0 Å². The van der Waals surface area contributed by atoms with E-state index < -0.39 is 0 Å². The fraction of sp³-hybridized carbons (Fsp3) is 0.538. The van der Waals surface area contributed by atoms with Crippen LogP contribution in [0.15, 0.2) is 12.3 Å². The molecule has 18 heavy (non-hydrogen) atoms. The molecule has 5 nitrogen and oxygen atoms in total. The topological polar surface area (TPSA) is 62.5 Å². The zero-order valence-corrected chi connectivity index (χ0v) is 11.2. The van der Waals surface area contributed by atoms with E-state index in [1.54, 1.807) is 12.3 Å². The van der Waals surface area contributed by atoms with Crippen molar-refractivity contribution in [3.8, 4) is 0 Å². The Balaban J connectivity index is 2.13. The molecule has 2 rings (SSSR count). The fourth-order valence-electron chi connectivity index (χ4n) is 2.28. The number of hydrogen-bond acceptors (Lipinski definition) is 4. The summed E-state index contributed by atoms with van der Waals surface area (Å²) in [6.07, 6.45) is 2.59. The largest absolute Gasteiger partial charge is 0.398 e. The number of aromatic nitrogens is 1. The Hall–Kier alpha value is -1.62. The van der Waals surface area contributed by atoms with Crippen LogP contribution >= 0.6 is 0 Å². The van der Waals surface area contributed by atoms with Crippen LogP contribution < -0.4 is 5.73 Å². The van der Waals surface area contributed by atoms with Gasteiger partial charge in [0.05, 0.1) is 5.56 Å². The molecule has 0 aliphatic carbocycles. The molecule has 1 aromatic rings. The van der Waals surface area contributed by atoms with E-state index in [-0.39, 0.29) is 5.91 Å². The van der Waals surface area contributed by atoms with E-state index in [0.29, 0.717) is 17.3 Å². The molecule has 1 saturated heterocycles. The first kappa shape index (κ1) is 12.8. The third kappa shape index (κ3) is 2.46. The number of nitrogens with zero attached hydrogens (tertiary/aromatic N) is 3. The van der Waals surface area contributed by atoms with Gasteiger partial charge in [0.25, 0.3) is 5.91 Å². The second-order valence-electron chi connectivity index (χ2n) is 5.07. The SMILES string of the molecule is Cc1cc(N)c(C(=O)N2CCC(N(C)C)C2)cn1. The van der Waals surface area contributed by atoms with Crippen LogP contribution in [0.4, 0.5) is 5.69 Å². The van der Waals surface area contributed by atoms with Crippen molar-refractivity contribution in [2.24, 2.45) is 0 Å². The molecule has 0 saturated carbocycles. The molecule has 1 amide bonds. The van der Waals surface area contributed by atoms with E-state index in [9.17, 15) is 4.79 Å². The molecule has 1 unspecified atom stereocenters. The van der Waals surface area contributed by atoms with Crippen LogP contribution in [0.1, 0.15) is 22.5 Å². The number of aryl methyl sites for hydroxylation is 1. The van der Waals surface area contributed by atoms with Crippen molar-refractivity contribution in [2.75, 3.05) is 32.9 Å². The Labute approximate surface area is 108 Å². The molecule has 0 radical (unpaired) electrons. The zero-order valence-electron chi connectivity index (χ0n) is 11.2. The molecule has 0 aromatic carbocycles. The summed E-state index contributed by atoms with van der Waals surface area (Å²) in [6, 6.07) is 2.18. The predicted octanol–water partition coefficient (Wildman–Crippen LogP) is 0.748. The number of anilines is 1. The van der Waals surface area contributed by atoms with Crippen LogP contribution in [0.2, 0.25) is 0 Å². The van der Waals surface area contributed by atoms with Crippen LogP contribution in [0.5, 0.6) is 0 Å². The van der Waals surface area contributed by atoms with Gasteiger partial charge in [0, 0.05) is 36.7 Å². The highest BCUT2D eigenvalue weighted by molar-refractivity contribution is 5.99. The quantitative estimate of drug-likeness (QED) is 0.839. The highest BCUT2D eigenvalue weighted by atomic mass is 16.2. The average molecular weight is 248 g/mol. The first-order chi connectivity index (χ1) is 8.49. The molecule has 0 spiro atoms. The number of nitrogens with two attached hydrogens (primary N) is 1. The summed E-state index contributed by atoms with van der Waals surface area (Å²) in [5.74, 6) is -0.00986. The summed E-state index contributed by atoms with van der Waals surface area (Å²) in [7, 11) is 4.08. The van der Waals surface area contributed by atoms with E-state index >= 15 is 0 Å². The monoisotopic (exact) mass is 248 g/mol. The zero-order chi connectivity index (χ0) is 13.3. The van der Waals surface area contributed by atoms with Crippen molar-refractivity contribution in [2.45, 2.75) is 19.4 Å². The minimum atomic E-state index is -0.00986. The van der Waals surface area contributed by atoms with Gasteiger partial charge < -0.3 is 15.5 Å². The normalized spacial score (nSPS) is 19.6. The maximum Gasteiger partial charge on any atom is 0.257 e. The molecule has 1 aromatic heterocycles. The van der Waals surface area contributed by atoms with E-state index in [0.717, 1.165) is 25.2 Å². The number of amides is 1. The van der Waals surface area contributed by atoms with Crippen molar-refractivity contribution >= 4 is 11.6 Å². The van der Waals surface area contributed by atoms with Gasteiger partial charge in [-0.05, 0) is 33.5 Å². The Morgan fingerprint density at radius 1 is 1.56 bits per heavy atom. The summed E-state index contributed by atoms with van der Waals surface area (Å²) in [6.45, 7) is 3.41. The summed E-state index contributed by atoms with van der Waals surface area (Å²) in [5, 5.41) is 0. The number of likely N-dealkylation sites (N-methyl/N-ethyl adjacent to an activating group) is 1. The number of rotatable bonds is 2. The lowest BCUT2D eigenvalue weighted by Gasteiger charge is -2.20. The van der Waals surface area contributed by atoms with Crippen molar-refractivity contribution in [3.05, 3.63) is 23.5 Å². The molecular formula is C13H20N4O. The standard InChI is InChI=1S/C13H20N4O/c1-9-6-12(14)11(7-15-9)13(18)17-5-4-10(8-17)16(2)3/h6-7,10H,4-5,8H2,1-3H3,(H2,14,15). The highest BCUT2D eigenvalue weighted by Crippen LogP contribution is 2.19. The minimum Gasteiger partial charge on any atom is -0.398 e. The van der Waals surface area contributed by atoms with Gasteiger partial charge in [0.2, 0.25) is 0 Å². The van der Waals surface area contributed by atoms with Gasteiger partial charge in [-0.3, -0.25) is 9.78 Å². The number of carbonyl (C=O) groups excluding carboxylic acids is 1. The number of carbonyl (C=O) groups is 1. The lowest BCUT2D eigenvalue weighted by molar-refractivity contribution is 0.0783. The summed E-state index contributed by atoms with van der Waals surface area (Å²) in [5.41, 5.74) is 7.75. The van der Waals surface area contributed by atoms with Crippen LogP contribution in [0.25, 0.3) is 0 Å². The molecule has 98 valence electrons. The third-order valence-electron chi connectivity index (χ3n) is 3.48. The molecule has 2 N–H and O–H groups in total. The molecule has 1 aliphatic heterocycles. The van der Waals surface area contributed by atoms with Crippen LogP contribution in [0.3, 0.4) is 0 Å². The second-order valence-corrected chi connectivity index (χ2v) is 5.07. The van der Waals surface area contributed by atoms with E-state index in [1.807, 2.05) is 25.9 Å². The van der Waals surface area contributed by atoms with Crippen molar-refractivity contribution in [1.29, 1.82) is 0 Å². The number of hydrogen-bond donors (Lipinski definition) is 1. The van der Waals surface area contributed by atoms with Crippen molar-refractivity contribution < 1.29 is 4.79 Å². The molecule has 0 bridgehead atoms. The maximum atomic E-state index is 12.3. The number of likely N-dealkylation sites (tertiary alicyclic amines) is 1. The molecule has 1 atom stereocenters. The lowest BCUT2D eigenvalue weighted by atomic mass is 10.2. The van der Waals surface area contributed by atoms with Gasteiger partial charge in [-0.15, -0.1) is 0 Å². The van der Waals surface area contributed by atoms with Gasteiger partial charge in [-0.2, -0.15) is 0 Å². The molecular weight excluding hydrogens is 228 g/mol. The highest BCUT2D eigenvalue weighted by Gasteiger charge is 2.28. The Morgan fingerprint density at radius 2 is 2.28 bits per heavy atom. The predicted molar refractivity (Wildman–Crippen MR) is 71.4 cm³/mol. The number of pyridine rings is 1. The maximum absolute atomic E-state index is 12.3. The van der Waals surface area contributed by atoms with Gasteiger partial charge in [0.1, 0.15) is 0 Å². The molecule has 2 heterocycles. The van der Waals surface area contributed by atoms with Crippen LogP contribution in [-0.4, -0.2) is 53.9 Å². The van der Waals surface area contributed by atoms with E-state index in [4.69, 9.17) is 5.73 Å². The minimum absolute atomic E-state index is 0.00986. The van der Waals surface area contributed by atoms with Crippen LogP contribution in [0, 0.1) is 6.92 Å². The molecule has 1 fully saturated rings. The first-order valence-electron chi connectivity index (χ1n) is 6.17. The van der Waals surface area contributed by atoms with Crippen molar-refractivity contribution in [3.63, 3.8) is 0 Å². The molecule has 1 aliphatic rings. The molecule has 5 heteroatoms. The smallest absolute Gasteiger partial charge is 0.257 e. The Kier molecular flexibility index (Phi) is 3.52. The number of nitrogen functional groups attached to an aromatic ring is 1. The summed E-state index contributed by atoms with van der Waals surface area (Å²) < 4.78 is 0. The second kappa shape index (κ2) is 4.94. The Bertz CT molecular complexity index is 458.